The second kappa shape index (κ2) is 7.90. The van der Waals surface area contributed by atoms with Crippen LogP contribution in [-0.4, -0.2) is 76.7 Å². The van der Waals surface area contributed by atoms with Crippen LogP contribution in [0.2, 0.25) is 0 Å². The normalized spacial score (nSPS) is 28.3. The quantitative estimate of drug-likeness (QED) is 0.162. The SMILES string of the molecule is CC(=O)O[C@@H](O)[C@@H]1O[C@@H](n2cnc3c(N)nc(F)nc32)[C@](O)(OC(C)=O)[C@]1(O)OC(C)=O. The number of carbonyl (C=O) groups excluding carboxylic acids is 3. The average Bonchev–Trinajstić information content (AvgIpc) is 3.11. The number of nitrogens with two attached hydrogens (primary N) is 1. The summed E-state index contributed by atoms with van der Waals surface area (Å²) >= 11 is 0. The number of esters is 3. The Kier molecular flexibility index (Phi) is 5.73. The van der Waals surface area contributed by atoms with Gasteiger partial charge in [0, 0.05) is 20.8 Å². The van der Waals surface area contributed by atoms with Gasteiger partial charge in [-0.3, -0.25) is 19.0 Å². The third-order valence-electron chi connectivity index (χ3n) is 4.33. The van der Waals surface area contributed by atoms with Gasteiger partial charge < -0.3 is 40.0 Å². The molecule has 1 saturated heterocycles. The number of nitrogen functional groups attached to an aromatic ring is 1. The van der Waals surface area contributed by atoms with Crippen molar-refractivity contribution >= 4 is 34.9 Å². The fourth-order valence-corrected chi connectivity index (χ4v) is 3.23. The Hall–Kier alpha value is -3.47. The number of rotatable bonds is 5. The zero-order valence-corrected chi connectivity index (χ0v) is 16.8. The standard InChI is InChI=1S/C16H18FN5O10/c1-5(23)29-12(26)9-15(27,31-6(2)24)16(28,32-7(3)25)13(30-9)22-4-19-8-10(18)20-14(17)21-11(8)22/h4,9,12-13,26-28H,1-3H3,(H2,18,20,21)/t9-,12+,13+,15+,16-/m0/s1. The van der Waals surface area contributed by atoms with Crippen LogP contribution in [0.4, 0.5) is 10.2 Å². The van der Waals surface area contributed by atoms with Crippen LogP contribution in [0.1, 0.15) is 27.0 Å². The number of aromatic nitrogens is 4. The molecule has 5 N–H and O–H groups in total. The van der Waals surface area contributed by atoms with Crippen LogP contribution >= 0.6 is 0 Å². The van der Waals surface area contributed by atoms with Crippen LogP contribution in [0.25, 0.3) is 11.2 Å². The zero-order chi connectivity index (χ0) is 24.0. The molecule has 1 aliphatic heterocycles. The van der Waals surface area contributed by atoms with Gasteiger partial charge in [-0.25, -0.2) is 4.98 Å². The molecule has 2 aromatic rings. The highest BCUT2D eigenvalue weighted by atomic mass is 19.1. The number of aliphatic hydroxyl groups excluding tert-OH is 1. The molecule has 1 aliphatic rings. The van der Waals surface area contributed by atoms with Crippen molar-refractivity contribution in [3.8, 4) is 0 Å². The molecule has 2 aromatic heterocycles. The van der Waals surface area contributed by atoms with Crippen molar-refractivity contribution in [2.45, 2.75) is 51.0 Å². The Balaban J connectivity index is 2.24. The molecule has 0 bridgehead atoms. The maximum Gasteiger partial charge on any atom is 0.326 e. The third-order valence-corrected chi connectivity index (χ3v) is 4.33. The van der Waals surface area contributed by atoms with Gasteiger partial charge in [0.2, 0.25) is 12.5 Å². The first kappa shape index (κ1) is 23.2. The van der Waals surface area contributed by atoms with E-state index < -0.39 is 65.6 Å². The summed E-state index contributed by atoms with van der Waals surface area (Å²) in [7, 11) is 0. The molecule has 32 heavy (non-hydrogen) atoms. The molecule has 0 aromatic carbocycles. The number of halogens is 1. The van der Waals surface area contributed by atoms with E-state index in [-0.39, 0.29) is 5.52 Å². The molecule has 0 spiro atoms. The van der Waals surface area contributed by atoms with Gasteiger partial charge >= 0.3 is 35.6 Å². The van der Waals surface area contributed by atoms with E-state index in [2.05, 4.69) is 19.7 Å². The van der Waals surface area contributed by atoms with Crippen LogP contribution in [0.15, 0.2) is 6.33 Å². The van der Waals surface area contributed by atoms with Gasteiger partial charge in [-0.15, -0.1) is 0 Å². The summed E-state index contributed by atoms with van der Waals surface area (Å²) in [5, 5.41) is 32.6. The van der Waals surface area contributed by atoms with Crippen molar-refractivity contribution in [3.63, 3.8) is 0 Å². The highest BCUT2D eigenvalue weighted by molar-refractivity contribution is 5.81. The molecule has 3 heterocycles. The van der Waals surface area contributed by atoms with E-state index in [9.17, 15) is 34.1 Å². The predicted octanol–water partition coefficient (Wildman–Crippen LogP) is -2.17. The topological polar surface area (TPSA) is 218 Å². The molecule has 5 atom stereocenters. The van der Waals surface area contributed by atoms with E-state index in [1.165, 1.54) is 0 Å². The van der Waals surface area contributed by atoms with Crippen LogP contribution in [-0.2, 0) is 33.3 Å². The number of hydrogen-bond donors (Lipinski definition) is 4. The summed E-state index contributed by atoms with van der Waals surface area (Å²) < 4.78 is 34.1. The summed E-state index contributed by atoms with van der Waals surface area (Å²) in [5.74, 6) is -10.5. The Morgan fingerprint density at radius 1 is 1.16 bits per heavy atom. The van der Waals surface area contributed by atoms with Gasteiger partial charge in [0.1, 0.15) is 0 Å². The van der Waals surface area contributed by atoms with Gasteiger partial charge in [0.25, 0.3) is 0 Å². The molecule has 0 unspecified atom stereocenters. The molecule has 174 valence electrons. The minimum Gasteiger partial charge on any atom is -0.433 e. The van der Waals surface area contributed by atoms with Crippen LogP contribution < -0.4 is 5.73 Å². The monoisotopic (exact) mass is 459 g/mol. The molecule has 0 aliphatic carbocycles. The first-order chi connectivity index (χ1) is 14.8. The smallest absolute Gasteiger partial charge is 0.326 e. The van der Waals surface area contributed by atoms with Gasteiger partial charge in [0.05, 0.1) is 6.33 Å². The van der Waals surface area contributed by atoms with E-state index >= 15 is 0 Å². The first-order valence-electron chi connectivity index (χ1n) is 8.80. The number of imidazole rings is 1. The van der Waals surface area contributed by atoms with Crippen molar-refractivity contribution in [1.29, 1.82) is 0 Å². The Labute approximate surface area is 177 Å². The highest BCUT2D eigenvalue weighted by Crippen LogP contribution is 2.49. The average molecular weight is 459 g/mol. The van der Waals surface area contributed by atoms with Gasteiger partial charge in [-0.05, 0) is 0 Å². The van der Waals surface area contributed by atoms with Crippen LogP contribution in [0, 0.1) is 6.08 Å². The number of anilines is 1. The van der Waals surface area contributed by atoms with Crippen molar-refractivity contribution in [3.05, 3.63) is 12.4 Å². The molecular weight excluding hydrogens is 441 g/mol. The number of fused-ring (bicyclic) bond motifs is 1. The fraction of sp³-hybridized carbons (Fsp3) is 0.500. The first-order valence-corrected chi connectivity index (χ1v) is 8.80. The number of ether oxygens (including phenoxy) is 4. The largest absolute Gasteiger partial charge is 0.433 e. The minimum absolute atomic E-state index is 0.166. The van der Waals surface area contributed by atoms with E-state index in [1.807, 2.05) is 0 Å². The molecule has 0 saturated carbocycles. The van der Waals surface area contributed by atoms with Crippen molar-refractivity contribution in [2.24, 2.45) is 0 Å². The summed E-state index contributed by atoms with van der Waals surface area (Å²) in [6.07, 6.45) is -7.04. The lowest BCUT2D eigenvalue weighted by molar-refractivity contribution is -0.366. The lowest BCUT2D eigenvalue weighted by Gasteiger charge is -2.38. The molecule has 3 rings (SSSR count). The maximum absolute atomic E-state index is 13.8. The Bertz CT molecular complexity index is 1090. The van der Waals surface area contributed by atoms with Crippen molar-refractivity contribution in [2.75, 3.05) is 5.73 Å². The van der Waals surface area contributed by atoms with Crippen LogP contribution in [0.5, 0.6) is 0 Å². The molecule has 0 radical (unpaired) electrons. The van der Waals surface area contributed by atoms with Crippen LogP contribution in [0.3, 0.4) is 0 Å². The number of carbonyl (C=O) groups is 3. The lowest BCUT2D eigenvalue weighted by atomic mass is 10.0. The second-order valence-electron chi connectivity index (χ2n) is 6.69. The highest BCUT2D eigenvalue weighted by Gasteiger charge is 2.75. The van der Waals surface area contributed by atoms with E-state index in [0.717, 1.165) is 31.7 Å². The molecule has 15 nitrogen and oxygen atoms in total. The Morgan fingerprint density at radius 3 is 2.31 bits per heavy atom. The maximum atomic E-state index is 13.8. The lowest BCUT2D eigenvalue weighted by Crippen LogP contribution is -2.64. The summed E-state index contributed by atoms with van der Waals surface area (Å²) in [5.41, 5.74) is 5.04. The predicted molar refractivity (Wildman–Crippen MR) is 94.8 cm³/mol. The van der Waals surface area contributed by atoms with Crippen molar-refractivity contribution in [1.82, 2.24) is 19.5 Å². The van der Waals surface area contributed by atoms with Gasteiger partial charge in [-0.2, -0.15) is 14.4 Å². The fourth-order valence-electron chi connectivity index (χ4n) is 3.23. The summed E-state index contributed by atoms with van der Waals surface area (Å²) in [4.78, 5) is 45.3. The molecule has 16 heteroatoms. The Morgan fingerprint density at radius 2 is 1.75 bits per heavy atom. The molecular formula is C16H18FN5O10. The second-order valence-corrected chi connectivity index (χ2v) is 6.69. The van der Waals surface area contributed by atoms with E-state index in [1.54, 1.807) is 0 Å². The minimum atomic E-state index is -3.34. The summed E-state index contributed by atoms with van der Waals surface area (Å²) in [6.45, 7) is 2.57. The number of nitrogens with zero attached hydrogens (tertiary/aromatic N) is 4. The molecule has 0 amide bonds. The van der Waals surface area contributed by atoms with E-state index in [4.69, 9.17) is 19.9 Å². The van der Waals surface area contributed by atoms with Gasteiger partial charge in [0.15, 0.2) is 23.1 Å². The number of aliphatic hydroxyl groups is 3. The van der Waals surface area contributed by atoms with Crippen molar-refractivity contribution < 1.29 is 53.0 Å². The zero-order valence-electron chi connectivity index (χ0n) is 16.8. The van der Waals surface area contributed by atoms with Gasteiger partial charge in [-0.1, -0.05) is 0 Å². The number of hydrogen-bond acceptors (Lipinski definition) is 14. The molecule has 1 fully saturated rings. The third kappa shape index (κ3) is 3.68. The van der Waals surface area contributed by atoms with E-state index in [0.29, 0.717) is 0 Å². The summed E-state index contributed by atoms with van der Waals surface area (Å²) in [6, 6.07) is 0.